The Hall–Kier alpha value is -3.14. The van der Waals surface area contributed by atoms with E-state index in [4.69, 9.17) is 0 Å². The second kappa shape index (κ2) is 7.23. The van der Waals surface area contributed by atoms with Crippen molar-refractivity contribution in [2.75, 3.05) is 11.9 Å². The van der Waals surface area contributed by atoms with E-state index in [-0.39, 0.29) is 5.91 Å². The van der Waals surface area contributed by atoms with E-state index in [9.17, 15) is 4.79 Å². The number of benzene rings is 2. The molecule has 1 aromatic heterocycles. The molecule has 27 heavy (non-hydrogen) atoms. The monoisotopic (exact) mass is 357 g/mol. The highest BCUT2D eigenvalue weighted by Crippen LogP contribution is 2.23. The van der Waals surface area contributed by atoms with Crippen molar-refractivity contribution in [1.82, 2.24) is 9.88 Å². The Morgan fingerprint density at radius 3 is 2.67 bits per heavy atom. The summed E-state index contributed by atoms with van der Waals surface area (Å²) in [6.45, 7) is 5.53. The lowest BCUT2D eigenvalue weighted by molar-refractivity contribution is 0.0729. The van der Waals surface area contributed by atoms with Gasteiger partial charge in [-0.2, -0.15) is 0 Å². The zero-order valence-corrected chi connectivity index (χ0v) is 15.7. The Labute approximate surface area is 159 Å². The molecule has 4 heteroatoms. The molecular formula is C23H23N3O. The van der Waals surface area contributed by atoms with Gasteiger partial charge in [-0.15, -0.1) is 0 Å². The number of carbonyl (C=O) groups is 1. The highest BCUT2D eigenvalue weighted by molar-refractivity contribution is 5.93. The van der Waals surface area contributed by atoms with E-state index in [0.717, 1.165) is 24.3 Å². The van der Waals surface area contributed by atoms with Crippen LogP contribution >= 0.6 is 0 Å². The standard InChI is InChI=1S/C23H23N3O/c1-16-7-8-21(17(2)13-16)25-20-9-11-24-22(14-20)23(27)26-12-10-18-5-3-4-6-19(18)15-26/h3-9,11,13-14H,10,12,15H2,1-2H3,(H,24,25). The summed E-state index contributed by atoms with van der Waals surface area (Å²) in [6.07, 6.45) is 2.58. The molecule has 0 saturated carbocycles. The van der Waals surface area contributed by atoms with Gasteiger partial charge < -0.3 is 10.2 Å². The van der Waals surface area contributed by atoms with Gasteiger partial charge in [-0.1, -0.05) is 42.0 Å². The number of aromatic nitrogens is 1. The number of fused-ring (bicyclic) bond motifs is 1. The fraction of sp³-hybridized carbons (Fsp3) is 0.217. The van der Waals surface area contributed by atoms with E-state index in [1.54, 1.807) is 6.20 Å². The molecule has 0 fully saturated rings. The summed E-state index contributed by atoms with van der Waals surface area (Å²) < 4.78 is 0. The van der Waals surface area contributed by atoms with E-state index >= 15 is 0 Å². The molecule has 1 N–H and O–H groups in total. The maximum absolute atomic E-state index is 13.0. The predicted octanol–water partition coefficient (Wildman–Crippen LogP) is 4.64. The van der Waals surface area contributed by atoms with Crippen molar-refractivity contribution in [2.24, 2.45) is 0 Å². The van der Waals surface area contributed by atoms with Gasteiger partial charge in [0, 0.05) is 30.7 Å². The molecule has 0 atom stereocenters. The SMILES string of the molecule is Cc1ccc(Nc2ccnc(C(=O)N3CCc4ccccc4C3)c2)c(C)c1. The highest BCUT2D eigenvalue weighted by Gasteiger charge is 2.22. The van der Waals surface area contributed by atoms with E-state index < -0.39 is 0 Å². The number of hydrogen-bond acceptors (Lipinski definition) is 3. The second-order valence-corrected chi connectivity index (χ2v) is 7.12. The van der Waals surface area contributed by atoms with Crippen LogP contribution in [0.1, 0.15) is 32.7 Å². The third kappa shape index (κ3) is 3.70. The maximum atomic E-state index is 13.0. The van der Waals surface area contributed by atoms with Crippen LogP contribution in [0.4, 0.5) is 11.4 Å². The first-order chi connectivity index (χ1) is 13.1. The zero-order chi connectivity index (χ0) is 18.8. The molecule has 0 radical (unpaired) electrons. The van der Waals surface area contributed by atoms with Gasteiger partial charge in [0.1, 0.15) is 5.69 Å². The molecule has 0 unspecified atom stereocenters. The zero-order valence-electron chi connectivity index (χ0n) is 15.7. The summed E-state index contributed by atoms with van der Waals surface area (Å²) in [5.41, 5.74) is 7.35. The Bertz CT molecular complexity index is 996. The maximum Gasteiger partial charge on any atom is 0.272 e. The largest absolute Gasteiger partial charge is 0.355 e. The van der Waals surface area contributed by atoms with E-state index in [2.05, 4.69) is 60.5 Å². The minimum Gasteiger partial charge on any atom is -0.355 e. The molecule has 0 saturated heterocycles. The van der Waals surface area contributed by atoms with Crippen molar-refractivity contribution in [2.45, 2.75) is 26.8 Å². The van der Waals surface area contributed by atoms with Gasteiger partial charge in [0.15, 0.2) is 0 Å². The molecule has 2 aromatic carbocycles. The van der Waals surface area contributed by atoms with Crippen molar-refractivity contribution in [3.05, 3.63) is 88.7 Å². The molecule has 4 rings (SSSR count). The van der Waals surface area contributed by atoms with E-state index in [0.29, 0.717) is 12.2 Å². The molecule has 0 spiro atoms. The summed E-state index contributed by atoms with van der Waals surface area (Å²) >= 11 is 0. The van der Waals surface area contributed by atoms with Crippen LogP contribution in [-0.4, -0.2) is 22.3 Å². The van der Waals surface area contributed by atoms with Gasteiger partial charge in [-0.25, -0.2) is 0 Å². The number of pyridine rings is 1. The molecule has 136 valence electrons. The minimum absolute atomic E-state index is 0.0196. The average molecular weight is 357 g/mol. The fourth-order valence-electron chi connectivity index (χ4n) is 3.57. The van der Waals surface area contributed by atoms with Crippen LogP contribution in [0, 0.1) is 13.8 Å². The molecule has 1 aliphatic rings. The number of rotatable bonds is 3. The van der Waals surface area contributed by atoms with Gasteiger partial charge in [0.2, 0.25) is 0 Å². The summed E-state index contributed by atoms with van der Waals surface area (Å²) in [4.78, 5) is 19.2. The van der Waals surface area contributed by atoms with Gasteiger partial charge in [0.25, 0.3) is 5.91 Å². The van der Waals surface area contributed by atoms with Crippen molar-refractivity contribution >= 4 is 17.3 Å². The van der Waals surface area contributed by atoms with Crippen LogP contribution in [-0.2, 0) is 13.0 Å². The van der Waals surface area contributed by atoms with E-state index in [1.165, 1.54) is 22.3 Å². The highest BCUT2D eigenvalue weighted by atomic mass is 16.2. The normalized spacial score (nSPS) is 13.2. The van der Waals surface area contributed by atoms with Crippen LogP contribution < -0.4 is 5.32 Å². The first-order valence-corrected chi connectivity index (χ1v) is 9.26. The molecular weight excluding hydrogens is 334 g/mol. The molecule has 4 nitrogen and oxygen atoms in total. The molecule has 0 aliphatic carbocycles. The summed E-state index contributed by atoms with van der Waals surface area (Å²) in [6, 6.07) is 18.3. The fourth-order valence-corrected chi connectivity index (χ4v) is 3.57. The molecule has 2 heterocycles. The lowest BCUT2D eigenvalue weighted by Gasteiger charge is -2.28. The number of nitrogens with zero attached hydrogens (tertiary/aromatic N) is 2. The summed E-state index contributed by atoms with van der Waals surface area (Å²) in [5, 5.41) is 3.40. The van der Waals surface area contributed by atoms with Gasteiger partial charge in [-0.3, -0.25) is 9.78 Å². The summed E-state index contributed by atoms with van der Waals surface area (Å²) in [5.74, 6) is -0.0196. The van der Waals surface area contributed by atoms with Gasteiger partial charge >= 0.3 is 0 Å². The van der Waals surface area contributed by atoms with Crippen LogP contribution in [0.15, 0.2) is 60.8 Å². The van der Waals surface area contributed by atoms with Crippen LogP contribution in [0.3, 0.4) is 0 Å². The number of anilines is 2. The Balaban J connectivity index is 1.53. The average Bonchev–Trinajstić information content (AvgIpc) is 2.69. The van der Waals surface area contributed by atoms with Crippen molar-refractivity contribution in [3.8, 4) is 0 Å². The Morgan fingerprint density at radius 1 is 1.04 bits per heavy atom. The Kier molecular flexibility index (Phi) is 4.63. The topological polar surface area (TPSA) is 45.2 Å². The van der Waals surface area contributed by atoms with Crippen molar-refractivity contribution in [1.29, 1.82) is 0 Å². The Morgan fingerprint density at radius 2 is 1.85 bits per heavy atom. The molecule has 0 bridgehead atoms. The third-order valence-corrected chi connectivity index (χ3v) is 5.06. The minimum atomic E-state index is -0.0196. The van der Waals surface area contributed by atoms with Crippen molar-refractivity contribution in [3.63, 3.8) is 0 Å². The smallest absolute Gasteiger partial charge is 0.272 e. The summed E-state index contributed by atoms with van der Waals surface area (Å²) in [7, 11) is 0. The molecule has 3 aromatic rings. The number of carbonyl (C=O) groups excluding carboxylic acids is 1. The van der Waals surface area contributed by atoms with Gasteiger partial charge in [0.05, 0.1) is 0 Å². The molecule has 1 amide bonds. The second-order valence-electron chi connectivity index (χ2n) is 7.12. The lowest BCUT2D eigenvalue weighted by Crippen LogP contribution is -2.36. The first kappa shape index (κ1) is 17.3. The third-order valence-electron chi connectivity index (χ3n) is 5.06. The quantitative estimate of drug-likeness (QED) is 0.743. The number of amides is 1. The first-order valence-electron chi connectivity index (χ1n) is 9.26. The van der Waals surface area contributed by atoms with Crippen LogP contribution in [0.25, 0.3) is 0 Å². The van der Waals surface area contributed by atoms with Crippen LogP contribution in [0.2, 0.25) is 0 Å². The number of hydrogen-bond donors (Lipinski definition) is 1. The molecule has 1 aliphatic heterocycles. The van der Waals surface area contributed by atoms with Gasteiger partial charge in [-0.05, 0) is 55.2 Å². The number of nitrogens with one attached hydrogen (secondary N) is 1. The lowest BCUT2D eigenvalue weighted by atomic mass is 10.00. The predicted molar refractivity (Wildman–Crippen MR) is 108 cm³/mol. The van der Waals surface area contributed by atoms with Crippen LogP contribution in [0.5, 0.6) is 0 Å². The van der Waals surface area contributed by atoms with E-state index in [1.807, 2.05) is 23.1 Å². The number of aryl methyl sites for hydroxylation is 2. The van der Waals surface area contributed by atoms with Crippen molar-refractivity contribution < 1.29 is 4.79 Å².